The van der Waals surface area contributed by atoms with E-state index in [1.807, 2.05) is 0 Å². The van der Waals surface area contributed by atoms with Gasteiger partial charge in [-0.2, -0.15) is 0 Å². The third-order valence-corrected chi connectivity index (χ3v) is 6.20. The molecule has 0 aromatic carbocycles. The molecular formula is C6H19NOSi2. The Labute approximate surface area is 67.2 Å². The number of hydrogen-bond donors (Lipinski definition) is 1. The normalized spacial score (nSPS) is 13.2. The van der Waals surface area contributed by atoms with Crippen LogP contribution in [0.1, 0.15) is 6.42 Å². The van der Waals surface area contributed by atoms with E-state index in [9.17, 15) is 0 Å². The van der Waals surface area contributed by atoms with Gasteiger partial charge in [0.05, 0.1) is 0 Å². The molecule has 0 aromatic rings. The summed E-state index contributed by atoms with van der Waals surface area (Å²) in [5, 5.41) is 0. The molecule has 0 fully saturated rings. The molecule has 2 nitrogen and oxygen atoms in total. The maximum Gasteiger partial charge on any atom is 0.169 e. The van der Waals surface area contributed by atoms with Crippen molar-refractivity contribution in [1.29, 1.82) is 0 Å². The number of hydrogen-bond acceptors (Lipinski definition) is 2. The summed E-state index contributed by atoms with van der Waals surface area (Å²) in [5.74, 6) is 0. The van der Waals surface area contributed by atoms with Crippen molar-refractivity contribution in [2.45, 2.75) is 32.1 Å². The highest BCUT2D eigenvalue weighted by atomic mass is 28.4. The third kappa shape index (κ3) is 8.35. The first-order valence-electron chi connectivity index (χ1n) is 3.90. The molecule has 4 heteroatoms. The van der Waals surface area contributed by atoms with Crippen LogP contribution in [0.4, 0.5) is 0 Å². The molecule has 0 saturated heterocycles. The average Bonchev–Trinajstić information content (AvgIpc) is 1.78. The summed E-state index contributed by atoms with van der Waals surface area (Å²) >= 11 is 0. The minimum atomic E-state index is -1.19. The molecule has 0 rings (SSSR count). The standard InChI is InChI=1S/C6H19NOSi2/c1-10(2,3)8-9-6-4-5-7/h4-7,9H2,1-3H3. The van der Waals surface area contributed by atoms with Gasteiger partial charge in [-0.1, -0.05) is 0 Å². The van der Waals surface area contributed by atoms with Crippen LogP contribution in [-0.2, 0) is 4.12 Å². The molecule has 0 aliphatic rings. The lowest BCUT2D eigenvalue weighted by atomic mass is 10.5. The zero-order chi connectivity index (χ0) is 8.04. The van der Waals surface area contributed by atoms with Crippen LogP contribution < -0.4 is 5.73 Å². The van der Waals surface area contributed by atoms with E-state index in [2.05, 4.69) is 19.6 Å². The van der Waals surface area contributed by atoms with Crippen molar-refractivity contribution in [3.8, 4) is 0 Å². The minimum Gasteiger partial charge on any atom is -0.461 e. The Morgan fingerprint density at radius 2 is 2.00 bits per heavy atom. The van der Waals surface area contributed by atoms with E-state index in [4.69, 9.17) is 9.85 Å². The Morgan fingerprint density at radius 1 is 1.40 bits per heavy atom. The van der Waals surface area contributed by atoms with E-state index >= 15 is 0 Å². The zero-order valence-electron chi connectivity index (χ0n) is 7.31. The van der Waals surface area contributed by atoms with Gasteiger partial charge in [0.15, 0.2) is 8.32 Å². The lowest BCUT2D eigenvalue weighted by Crippen LogP contribution is -2.27. The van der Waals surface area contributed by atoms with Crippen molar-refractivity contribution in [1.82, 2.24) is 0 Å². The van der Waals surface area contributed by atoms with Crippen LogP contribution in [0, 0.1) is 0 Å². The van der Waals surface area contributed by atoms with Gasteiger partial charge in [0, 0.05) is 0 Å². The summed E-state index contributed by atoms with van der Waals surface area (Å²) in [4.78, 5) is 0. The summed E-state index contributed by atoms with van der Waals surface area (Å²) in [5.41, 5.74) is 5.36. The highest BCUT2D eigenvalue weighted by molar-refractivity contribution is 6.73. The van der Waals surface area contributed by atoms with Crippen molar-refractivity contribution in [2.24, 2.45) is 5.73 Å². The smallest absolute Gasteiger partial charge is 0.169 e. The van der Waals surface area contributed by atoms with Crippen molar-refractivity contribution in [3.05, 3.63) is 0 Å². The molecule has 0 saturated carbocycles. The van der Waals surface area contributed by atoms with E-state index in [-0.39, 0.29) is 9.76 Å². The van der Waals surface area contributed by atoms with Gasteiger partial charge in [0.25, 0.3) is 0 Å². The van der Waals surface area contributed by atoms with E-state index in [0.29, 0.717) is 0 Å². The molecule has 0 heterocycles. The van der Waals surface area contributed by atoms with Crippen molar-refractivity contribution < 1.29 is 4.12 Å². The molecule has 0 aliphatic carbocycles. The predicted molar refractivity (Wildman–Crippen MR) is 51.5 cm³/mol. The van der Waals surface area contributed by atoms with Gasteiger partial charge in [-0.3, -0.25) is 0 Å². The molecule has 10 heavy (non-hydrogen) atoms. The highest BCUT2D eigenvalue weighted by Gasteiger charge is 2.12. The van der Waals surface area contributed by atoms with Gasteiger partial charge in [0.2, 0.25) is 0 Å². The first-order chi connectivity index (χ1) is 4.56. The SMILES string of the molecule is C[Si](C)(C)O[SiH2]CCCN. The fraction of sp³-hybridized carbons (Fsp3) is 1.00. The lowest BCUT2D eigenvalue weighted by molar-refractivity contribution is 0.591. The largest absolute Gasteiger partial charge is 0.461 e. The van der Waals surface area contributed by atoms with Crippen LogP contribution in [0.2, 0.25) is 25.7 Å². The zero-order valence-corrected chi connectivity index (χ0v) is 9.73. The van der Waals surface area contributed by atoms with Crippen molar-refractivity contribution in [2.75, 3.05) is 6.54 Å². The van der Waals surface area contributed by atoms with Crippen LogP contribution in [0.25, 0.3) is 0 Å². The summed E-state index contributed by atoms with van der Waals surface area (Å²) in [6, 6.07) is 1.25. The van der Waals surface area contributed by atoms with Gasteiger partial charge in [0.1, 0.15) is 9.76 Å². The Balaban J connectivity index is 3.04. The Morgan fingerprint density at radius 3 is 2.40 bits per heavy atom. The Bertz CT molecular complexity index is 82.3. The maximum atomic E-state index is 5.75. The van der Waals surface area contributed by atoms with Gasteiger partial charge in [-0.15, -0.1) is 0 Å². The molecule has 0 spiro atoms. The lowest BCUT2D eigenvalue weighted by Gasteiger charge is -2.16. The van der Waals surface area contributed by atoms with Crippen LogP contribution in [0.15, 0.2) is 0 Å². The van der Waals surface area contributed by atoms with Crippen molar-refractivity contribution in [3.63, 3.8) is 0 Å². The van der Waals surface area contributed by atoms with Crippen LogP contribution in [-0.4, -0.2) is 24.6 Å². The van der Waals surface area contributed by atoms with Crippen LogP contribution >= 0.6 is 0 Å². The second-order valence-electron chi connectivity index (χ2n) is 3.46. The fourth-order valence-corrected chi connectivity index (χ4v) is 4.14. The van der Waals surface area contributed by atoms with Gasteiger partial charge in [-0.05, 0) is 38.7 Å². The summed E-state index contributed by atoms with van der Waals surface area (Å²) < 4.78 is 5.75. The molecule has 0 unspecified atom stereocenters. The van der Waals surface area contributed by atoms with E-state index in [1.54, 1.807) is 0 Å². The first kappa shape index (κ1) is 10.4. The molecular weight excluding hydrogens is 158 g/mol. The Hall–Kier alpha value is 0.354. The molecule has 0 aliphatic heterocycles. The summed E-state index contributed by atoms with van der Waals surface area (Å²) in [6.07, 6.45) is 1.15. The van der Waals surface area contributed by atoms with Crippen LogP contribution in [0.5, 0.6) is 0 Å². The molecule has 62 valence electrons. The van der Waals surface area contributed by atoms with Gasteiger partial charge >= 0.3 is 0 Å². The molecule has 0 radical (unpaired) electrons. The molecule has 0 bridgehead atoms. The summed E-state index contributed by atoms with van der Waals surface area (Å²) in [6.45, 7) is 7.54. The van der Waals surface area contributed by atoms with Gasteiger partial charge < -0.3 is 9.85 Å². The number of rotatable bonds is 5. The fourth-order valence-electron chi connectivity index (χ4n) is 0.625. The van der Waals surface area contributed by atoms with Crippen molar-refractivity contribution >= 4 is 18.1 Å². The minimum absolute atomic E-state index is 0.222. The highest BCUT2D eigenvalue weighted by Crippen LogP contribution is 2.02. The molecule has 0 aromatic heterocycles. The summed E-state index contributed by atoms with van der Waals surface area (Å²) in [7, 11) is -1.41. The predicted octanol–water partition coefficient (Wildman–Crippen LogP) is 0.689. The average molecular weight is 177 g/mol. The second kappa shape index (κ2) is 5.06. The maximum absolute atomic E-state index is 5.75. The molecule has 0 atom stereocenters. The van der Waals surface area contributed by atoms with E-state index in [0.717, 1.165) is 13.0 Å². The van der Waals surface area contributed by atoms with E-state index in [1.165, 1.54) is 6.04 Å². The monoisotopic (exact) mass is 177 g/mol. The van der Waals surface area contributed by atoms with Gasteiger partial charge in [-0.25, -0.2) is 0 Å². The van der Waals surface area contributed by atoms with E-state index < -0.39 is 8.32 Å². The molecule has 2 N–H and O–H groups in total. The Kier molecular flexibility index (Phi) is 5.24. The molecule has 0 amide bonds. The van der Waals surface area contributed by atoms with Crippen LogP contribution in [0.3, 0.4) is 0 Å². The third-order valence-electron chi connectivity index (χ3n) is 1.13. The number of nitrogens with two attached hydrogens (primary N) is 1. The quantitative estimate of drug-likeness (QED) is 0.495. The first-order valence-corrected chi connectivity index (χ1v) is 8.89. The second-order valence-corrected chi connectivity index (χ2v) is 9.95. The topological polar surface area (TPSA) is 35.2 Å².